The molecule has 0 saturated carbocycles. The highest BCUT2D eigenvalue weighted by Crippen LogP contribution is 2.41. The van der Waals surface area contributed by atoms with Gasteiger partial charge in [-0.15, -0.1) is 0 Å². The Bertz CT molecular complexity index is 787. The van der Waals surface area contributed by atoms with Crippen LogP contribution in [0.1, 0.15) is 30.5 Å². The smallest absolute Gasteiger partial charge is 0.165 e. The molecule has 0 saturated heterocycles. The van der Waals surface area contributed by atoms with E-state index in [9.17, 15) is 5.11 Å². The lowest BCUT2D eigenvalue weighted by Gasteiger charge is -2.30. The second-order valence-corrected chi connectivity index (χ2v) is 8.00. The highest BCUT2D eigenvalue weighted by atomic mass is 16.5. The van der Waals surface area contributed by atoms with Crippen molar-refractivity contribution in [2.24, 2.45) is 0 Å². The van der Waals surface area contributed by atoms with Crippen molar-refractivity contribution in [1.82, 2.24) is 4.90 Å². The normalized spacial score (nSPS) is 19.3. The number of aliphatic hydroxyl groups excluding tert-OH is 1. The van der Waals surface area contributed by atoms with Crippen LogP contribution in [0, 0.1) is 0 Å². The number of benzene rings is 2. The minimum absolute atomic E-state index is 0.193. The Kier molecular flexibility index (Phi) is 4.63. The maximum atomic E-state index is 10.5. The molecule has 0 amide bonds. The molecule has 1 N–H and O–H groups in total. The Hall–Kier alpha value is -2.04. The first-order valence-electron chi connectivity index (χ1n) is 9.41. The molecule has 0 aromatic heterocycles. The van der Waals surface area contributed by atoms with E-state index in [1.807, 2.05) is 12.1 Å². The highest BCUT2D eigenvalue weighted by molar-refractivity contribution is 5.50. The van der Waals surface area contributed by atoms with E-state index in [4.69, 9.17) is 9.47 Å². The first-order chi connectivity index (χ1) is 12.5. The maximum absolute atomic E-state index is 10.5. The number of nitrogens with zero attached hydrogens (tertiary/aromatic N) is 1. The minimum atomic E-state index is -0.523. The average Bonchev–Trinajstić information content (AvgIpc) is 2.94. The van der Waals surface area contributed by atoms with E-state index < -0.39 is 6.10 Å². The maximum Gasteiger partial charge on any atom is 0.165 e. The summed E-state index contributed by atoms with van der Waals surface area (Å²) in [5.74, 6) is 1.56. The predicted molar refractivity (Wildman–Crippen MR) is 102 cm³/mol. The Morgan fingerprint density at radius 3 is 2.73 bits per heavy atom. The van der Waals surface area contributed by atoms with Crippen molar-refractivity contribution in [3.63, 3.8) is 0 Å². The van der Waals surface area contributed by atoms with E-state index in [1.54, 1.807) is 0 Å². The zero-order chi connectivity index (χ0) is 18.1. The lowest BCUT2D eigenvalue weighted by atomic mass is 10.00. The summed E-state index contributed by atoms with van der Waals surface area (Å²) in [5, 5.41) is 10.5. The Labute approximate surface area is 155 Å². The van der Waals surface area contributed by atoms with Crippen LogP contribution in [0.4, 0.5) is 0 Å². The van der Waals surface area contributed by atoms with Crippen molar-refractivity contribution in [3.05, 3.63) is 59.2 Å². The highest BCUT2D eigenvalue weighted by Gasteiger charge is 2.32. The number of aliphatic hydroxyl groups is 1. The molecule has 0 aliphatic carbocycles. The predicted octanol–water partition coefficient (Wildman–Crippen LogP) is 3.20. The average molecular weight is 353 g/mol. The summed E-state index contributed by atoms with van der Waals surface area (Å²) >= 11 is 0. The lowest BCUT2D eigenvalue weighted by molar-refractivity contribution is 0.0608. The minimum Gasteiger partial charge on any atom is -0.487 e. The van der Waals surface area contributed by atoms with Crippen LogP contribution in [-0.4, -0.2) is 41.4 Å². The fourth-order valence-electron chi connectivity index (χ4n) is 3.95. The van der Waals surface area contributed by atoms with Crippen LogP contribution >= 0.6 is 0 Å². The van der Waals surface area contributed by atoms with Gasteiger partial charge in [0.2, 0.25) is 0 Å². The third kappa shape index (κ3) is 3.71. The van der Waals surface area contributed by atoms with Gasteiger partial charge in [0.05, 0.1) is 0 Å². The third-order valence-electron chi connectivity index (χ3n) is 5.16. The van der Waals surface area contributed by atoms with Gasteiger partial charge in [-0.2, -0.15) is 0 Å². The molecular formula is C22H27NO3. The van der Waals surface area contributed by atoms with Crippen LogP contribution in [0.5, 0.6) is 11.5 Å². The molecule has 2 aliphatic heterocycles. The van der Waals surface area contributed by atoms with Crippen LogP contribution in [0.2, 0.25) is 0 Å². The summed E-state index contributed by atoms with van der Waals surface area (Å²) in [6, 6.07) is 14.5. The van der Waals surface area contributed by atoms with Crippen LogP contribution in [0.3, 0.4) is 0 Å². The topological polar surface area (TPSA) is 41.9 Å². The standard InChI is InChI=1S/C22H27NO3/c1-22(2)12-17-8-5-9-20(21(17)26-22)25-15-19(24)14-23-11-10-16-6-3-4-7-18(16)13-23/h3-9,19,24H,10-15H2,1-2H3/t19-/m1/s1. The molecule has 0 bridgehead atoms. The molecular weight excluding hydrogens is 326 g/mol. The van der Waals surface area contributed by atoms with Crippen LogP contribution in [-0.2, 0) is 19.4 Å². The van der Waals surface area contributed by atoms with Crippen molar-refractivity contribution >= 4 is 0 Å². The fraction of sp³-hybridized carbons (Fsp3) is 0.455. The van der Waals surface area contributed by atoms with Crippen molar-refractivity contribution in [3.8, 4) is 11.5 Å². The van der Waals surface area contributed by atoms with E-state index in [1.165, 1.54) is 16.7 Å². The number of para-hydroxylation sites is 1. The van der Waals surface area contributed by atoms with Crippen LogP contribution < -0.4 is 9.47 Å². The van der Waals surface area contributed by atoms with Gasteiger partial charge >= 0.3 is 0 Å². The molecule has 4 heteroatoms. The zero-order valence-corrected chi connectivity index (χ0v) is 15.6. The summed E-state index contributed by atoms with van der Waals surface area (Å²) in [6.45, 7) is 6.94. The number of fused-ring (bicyclic) bond motifs is 2. The molecule has 2 aromatic rings. The quantitative estimate of drug-likeness (QED) is 0.896. The molecule has 26 heavy (non-hydrogen) atoms. The van der Waals surface area contributed by atoms with Gasteiger partial charge in [-0.25, -0.2) is 0 Å². The van der Waals surface area contributed by atoms with Crippen molar-refractivity contribution in [2.45, 2.75) is 44.9 Å². The number of β-amino-alcohol motifs (C(OH)–C–C–N with tert-alkyl or cyclic N) is 1. The largest absolute Gasteiger partial charge is 0.487 e. The van der Waals surface area contributed by atoms with E-state index >= 15 is 0 Å². The zero-order valence-electron chi connectivity index (χ0n) is 15.6. The summed E-state index contributed by atoms with van der Waals surface area (Å²) < 4.78 is 11.9. The monoisotopic (exact) mass is 353 g/mol. The van der Waals surface area contributed by atoms with Crippen molar-refractivity contribution in [1.29, 1.82) is 0 Å². The van der Waals surface area contributed by atoms with Gasteiger partial charge < -0.3 is 14.6 Å². The number of rotatable bonds is 5. The van der Waals surface area contributed by atoms with Gasteiger partial charge in [-0.05, 0) is 37.5 Å². The first kappa shape index (κ1) is 17.4. The molecule has 2 aromatic carbocycles. The van der Waals surface area contributed by atoms with Gasteiger partial charge in [0.1, 0.15) is 18.3 Å². The van der Waals surface area contributed by atoms with E-state index in [0.717, 1.165) is 37.4 Å². The molecule has 4 rings (SSSR count). The molecule has 2 heterocycles. The summed E-state index contributed by atoms with van der Waals surface area (Å²) in [7, 11) is 0. The second-order valence-electron chi connectivity index (χ2n) is 8.00. The van der Waals surface area contributed by atoms with E-state index in [-0.39, 0.29) is 12.2 Å². The third-order valence-corrected chi connectivity index (χ3v) is 5.16. The molecule has 138 valence electrons. The molecule has 0 unspecified atom stereocenters. The van der Waals surface area contributed by atoms with Crippen LogP contribution in [0.15, 0.2) is 42.5 Å². The SMILES string of the molecule is CC1(C)Cc2cccc(OC[C@H](O)CN3CCc4ccccc4C3)c2O1. The van der Waals surface area contributed by atoms with Crippen molar-refractivity contribution < 1.29 is 14.6 Å². The fourth-order valence-corrected chi connectivity index (χ4v) is 3.95. The van der Waals surface area contributed by atoms with Gasteiger partial charge in [0.15, 0.2) is 11.5 Å². The van der Waals surface area contributed by atoms with Gasteiger partial charge in [0.25, 0.3) is 0 Å². The summed E-state index contributed by atoms with van der Waals surface area (Å²) in [4.78, 5) is 2.30. The van der Waals surface area contributed by atoms with E-state index in [0.29, 0.717) is 6.54 Å². The van der Waals surface area contributed by atoms with Crippen LogP contribution in [0.25, 0.3) is 0 Å². The van der Waals surface area contributed by atoms with Gasteiger partial charge in [-0.1, -0.05) is 36.4 Å². The number of hydrogen-bond acceptors (Lipinski definition) is 4. The summed E-state index contributed by atoms with van der Waals surface area (Å²) in [6.07, 6.45) is 1.40. The Morgan fingerprint density at radius 1 is 1.12 bits per heavy atom. The second kappa shape index (κ2) is 6.93. The Morgan fingerprint density at radius 2 is 1.88 bits per heavy atom. The molecule has 0 radical (unpaired) electrons. The molecule has 2 aliphatic rings. The molecule has 0 spiro atoms. The summed E-state index contributed by atoms with van der Waals surface area (Å²) in [5.41, 5.74) is 3.77. The number of ether oxygens (including phenoxy) is 2. The molecule has 1 atom stereocenters. The lowest BCUT2D eigenvalue weighted by Crippen LogP contribution is -2.38. The van der Waals surface area contributed by atoms with Gasteiger partial charge in [-0.3, -0.25) is 4.90 Å². The molecule has 0 fully saturated rings. The molecule has 4 nitrogen and oxygen atoms in total. The van der Waals surface area contributed by atoms with Gasteiger partial charge in [0, 0.05) is 31.6 Å². The first-order valence-corrected chi connectivity index (χ1v) is 9.41. The van der Waals surface area contributed by atoms with Crippen molar-refractivity contribution in [2.75, 3.05) is 19.7 Å². The Balaban J connectivity index is 1.33. The van der Waals surface area contributed by atoms with E-state index in [2.05, 4.69) is 49.1 Å². The number of hydrogen-bond donors (Lipinski definition) is 1.